The molecule has 46 heavy (non-hydrogen) atoms. The van der Waals surface area contributed by atoms with E-state index in [1.165, 1.54) is 12.5 Å². The number of hydrogen-bond acceptors (Lipinski definition) is 10. The minimum absolute atomic E-state index is 0.00844. The van der Waals surface area contributed by atoms with E-state index in [4.69, 9.17) is 28.7 Å². The molecule has 254 valence electrons. The van der Waals surface area contributed by atoms with Gasteiger partial charge in [-0.3, -0.25) is 33.8 Å². The molecule has 20 nitrogen and oxygen atoms in total. The number of aliphatic imine (C=N–C) groups is 1. The van der Waals surface area contributed by atoms with Crippen LogP contribution in [-0.2, 0) is 40.0 Å². The van der Waals surface area contributed by atoms with E-state index in [0.717, 1.165) is 4.90 Å². The van der Waals surface area contributed by atoms with Gasteiger partial charge in [-0.1, -0.05) is 0 Å². The monoisotopic (exact) mass is 650 g/mol. The van der Waals surface area contributed by atoms with E-state index in [1.807, 2.05) is 0 Å². The van der Waals surface area contributed by atoms with Crippen LogP contribution in [0.1, 0.15) is 50.6 Å². The van der Waals surface area contributed by atoms with Gasteiger partial charge in [0.25, 0.3) is 0 Å². The molecule has 0 saturated carbocycles. The van der Waals surface area contributed by atoms with Crippen molar-refractivity contribution in [2.24, 2.45) is 33.7 Å². The highest BCUT2D eigenvalue weighted by Gasteiger charge is 2.40. The molecule has 0 aromatic carbocycles. The standard InChI is InChI=1S/C26H42N12O8/c27-14(5-6-19(28)39)21(41)36-16(9-13-11-32-12-34-13)22(42)37-17(10-20(29)40)24(44)38-8-2-4-18(38)23(43)35-15(25(45)46)3-1-7-33-26(30)31/h11-12,14-18H,1-10,27H2,(H2,28,39)(H2,29,40)(H,32,34)(H,35,43)(H,36,41)(H,37,42)(H,45,46)(H4,30,31,33). The fourth-order valence-electron chi connectivity index (χ4n) is 4.74. The lowest BCUT2D eigenvalue weighted by atomic mass is 10.1. The topological polar surface area (TPSA) is 350 Å². The number of aromatic nitrogens is 2. The van der Waals surface area contributed by atoms with Crippen LogP contribution in [0, 0.1) is 0 Å². The number of nitrogens with two attached hydrogens (primary N) is 5. The Hall–Kier alpha value is -5.27. The van der Waals surface area contributed by atoms with Gasteiger partial charge in [0.2, 0.25) is 35.4 Å². The molecule has 2 heterocycles. The maximum absolute atomic E-state index is 13.6. The van der Waals surface area contributed by atoms with Gasteiger partial charge in [-0.05, 0) is 32.1 Å². The molecule has 5 unspecified atom stereocenters. The highest BCUT2D eigenvalue weighted by molar-refractivity contribution is 5.97. The smallest absolute Gasteiger partial charge is 0.326 e. The Morgan fingerprint density at radius 2 is 1.67 bits per heavy atom. The summed E-state index contributed by atoms with van der Waals surface area (Å²) in [5.41, 5.74) is 27.3. The number of hydrogen-bond donors (Lipinski definition) is 10. The van der Waals surface area contributed by atoms with Gasteiger partial charge in [0, 0.05) is 37.8 Å². The summed E-state index contributed by atoms with van der Waals surface area (Å²) in [6.45, 7) is 0.221. The van der Waals surface area contributed by atoms with Crippen molar-refractivity contribution >= 4 is 47.4 Å². The van der Waals surface area contributed by atoms with Gasteiger partial charge in [-0.2, -0.15) is 0 Å². The van der Waals surface area contributed by atoms with Gasteiger partial charge in [0.15, 0.2) is 5.96 Å². The molecule has 0 spiro atoms. The summed E-state index contributed by atoms with van der Waals surface area (Å²) >= 11 is 0. The fraction of sp³-hybridized carbons (Fsp3) is 0.577. The molecule has 15 N–H and O–H groups in total. The average Bonchev–Trinajstić information content (AvgIpc) is 3.68. The van der Waals surface area contributed by atoms with Crippen molar-refractivity contribution in [1.82, 2.24) is 30.8 Å². The zero-order valence-electron chi connectivity index (χ0n) is 25.1. The first-order chi connectivity index (χ1) is 21.7. The zero-order chi connectivity index (χ0) is 34.4. The number of carboxylic acid groups (broad SMARTS) is 1. The molecular formula is C26H42N12O8. The number of amides is 6. The van der Waals surface area contributed by atoms with Crippen LogP contribution in [0.2, 0.25) is 0 Å². The summed E-state index contributed by atoms with van der Waals surface area (Å²) in [6.07, 6.45) is 2.58. The van der Waals surface area contributed by atoms with E-state index in [2.05, 4.69) is 30.9 Å². The van der Waals surface area contributed by atoms with Crippen LogP contribution in [0.3, 0.4) is 0 Å². The molecule has 6 amide bonds. The quantitative estimate of drug-likeness (QED) is 0.0382. The predicted octanol–water partition coefficient (Wildman–Crippen LogP) is -5.00. The highest BCUT2D eigenvalue weighted by atomic mass is 16.4. The molecule has 0 bridgehead atoms. The number of primary amides is 2. The SMILES string of the molecule is NC(=O)CCC(N)C(=O)NC(Cc1cnc[nH]1)C(=O)NC(CC(N)=O)C(=O)N1CCCC1C(=O)NC(CCCN=C(N)N)C(=O)O. The Bertz CT molecular complexity index is 1280. The first kappa shape index (κ1) is 36.9. The van der Waals surface area contributed by atoms with Gasteiger partial charge in [-0.15, -0.1) is 0 Å². The van der Waals surface area contributed by atoms with Crippen LogP contribution in [0.5, 0.6) is 0 Å². The zero-order valence-corrected chi connectivity index (χ0v) is 25.1. The van der Waals surface area contributed by atoms with Gasteiger partial charge < -0.3 is 59.6 Å². The number of aromatic amines is 1. The molecule has 5 atom stereocenters. The van der Waals surface area contributed by atoms with Crippen molar-refractivity contribution in [1.29, 1.82) is 0 Å². The summed E-state index contributed by atoms with van der Waals surface area (Å²) in [6, 6.07) is -6.41. The summed E-state index contributed by atoms with van der Waals surface area (Å²) in [5.74, 6) is -6.27. The van der Waals surface area contributed by atoms with Crippen molar-refractivity contribution in [2.75, 3.05) is 13.1 Å². The maximum atomic E-state index is 13.6. The summed E-state index contributed by atoms with van der Waals surface area (Å²) < 4.78 is 0. The number of aliphatic carboxylic acids is 1. The Kier molecular flexibility index (Phi) is 14.4. The lowest BCUT2D eigenvalue weighted by molar-refractivity contribution is -0.145. The van der Waals surface area contributed by atoms with Gasteiger partial charge in [-0.25, -0.2) is 9.78 Å². The second kappa shape index (κ2) is 17.9. The molecule has 20 heteroatoms. The number of nitrogens with one attached hydrogen (secondary N) is 4. The van der Waals surface area contributed by atoms with Crippen molar-refractivity contribution < 1.29 is 38.7 Å². The van der Waals surface area contributed by atoms with Crippen molar-refractivity contribution in [3.63, 3.8) is 0 Å². The summed E-state index contributed by atoms with van der Waals surface area (Å²) in [7, 11) is 0. The second-order valence-corrected chi connectivity index (χ2v) is 10.7. The van der Waals surface area contributed by atoms with Crippen LogP contribution >= 0.6 is 0 Å². The molecule has 0 radical (unpaired) electrons. The summed E-state index contributed by atoms with van der Waals surface area (Å²) in [5, 5.41) is 16.9. The van der Waals surface area contributed by atoms with Crippen molar-refractivity contribution in [2.45, 2.75) is 81.6 Å². The third kappa shape index (κ3) is 12.0. The van der Waals surface area contributed by atoms with E-state index < -0.39 is 78.0 Å². The van der Waals surface area contributed by atoms with Crippen LogP contribution in [0.15, 0.2) is 17.5 Å². The van der Waals surface area contributed by atoms with E-state index in [0.29, 0.717) is 12.1 Å². The minimum Gasteiger partial charge on any atom is -0.480 e. The molecule has 1 aliphatic heterocycles. The third-order valence-corrected chi connectivity index (χ3v) is 7.07. The molecule has 1 aromatic rings. The molecule has 1 saturated heterocycles. The van der Waals surface area contributed by atoms with Crippen LogP contribution in [-0.4, -0.2) is 111 Å². The molecule has 1 aliphatic rings. The van der Waals surface area contributed by atoms with Crippen molar-refractivity contribution in [3.8, 4) is 0 Å². The van der Waals surface area contributed by atoms with Crippen LogP contribution < -0.4 is 44.6 Å². The van der Waals surface area contributed by atoms with Crippen LogP contribution in [0.4, 0.5) is 0 Å². The Morgan fingerprint density at radius 1 is 0.978 bits per heavy atom. The normalized spacial score (nSPS) is 16.7. The predicted molar refractivity (Wildman–Crippen MR) is 161 cm³/mol. The molecular weight excluding hydrogens is 608 g/mol. The van der Waals surface area contributed by atoms with Gasteiger partial charge >= 0.3 is 5.97 Å². The highest BCUT2D eigenvalue weighted by Crippen LogP contribution is 2.20. The molecule has 2 rings (SSSR count). The number of imidazole rings is 1. The summed E-state index contributed by atoms with van der Waals surface area (Å²) in [4.78, 5) is 99.3. The minimum atomic E-state index is -1.53. The first-order valence-electron chi connectivity index (χ1n) is 14.5. The van der Waals surface area contributed by atoms with Gasteiger partial charge in [0.1, 0.15) is 24.2 Å². The Labute approximate surface area is 263 Å². The van der Waals surface area contributed by atoms with Crippen LogP contribution in [0.25, 0.3) is 0 Å². The maximum Gasteiger partial charge on any atom is 0.326 e. The van der Waals surface area contributed by atoms with E-state index in [9.17, 15) is 38.7 Å². The number of carbonyl (C=O) groups excluding carboxylic acids is 6. The molecule has 1 fully saturated rings. The van der Waals surface area contributed by atoms with E-state index in [1.54, 1.807) is 0 Å². The number of guanidine groups is 1. The number of carbonyl (C=O) groups is 7. The lowest BCUT2D eigenvalue weighted by Crippen LogP contribution is -2.59. The number of H-pyrrole nitrogens is 1. The number of carboxylic acids is 1. The third-order valence-electron chi connectivity index (χ3n) is 7.07. The van der Waals surface area contributed by atoms with Gasteiger partial charge in [0.05, 0.1) is 18.8 Å². The average molecular weight is 651 g/mol. The van der Waals surface area contributed by atoms with E-state index >= 15 is 0 Å². The van der Waals surface area contributed by atoms with E-state index in [-0.39, 0.29) is 57.6 Å². The molecule has 1 aromatic heterocycles. The fourth-order valence-corrected chi connectivity index (χ4v) is 4.74. The number of rotatable bonds is 19. The lowest BCUT2D eigenvalue weighted by Gasteiger charge is -2.30. The first-order valence-corrected chi connectivity index (χ1v) is 14.5. The van der Waals surface area contributed by atoms with Crippen molar-refractivity contribution in [3.05, 3.63) is 18.2 Å². The number of nitrogens with zero attached hydrogens (tertiary/aromatic N) is 3. The largest absolute Gasteiger partial charge is 0.480 e. The Morgan fingerprint density at radius 3 is 2.26 bits per heavy atom. The second-order valence-electron chi connectivity index (χ2n) is 10.7. The molecule has 0 aliphatic carbocycles. The number of likely N-dealkylation sites (tertiary alicyclic amines) is 1. The Balaban J connectivity index is 2.19.